The number of aromatic nitrogens is 1. The van der Waals surface area contributed by atoms with Crippen molar-refractivity contribution in [3.8, 4) is 0 Å². The number of hydrogen-bond donors (Lipinski definition) is 0. The molecule has 196 valence electrons. The number of hydrogen-bond acceptors (Lipinski definition) is 8. The molecule has 1 saturated carbocycles. The van der Waals surface area contributed by atoms with E-state index in [-0.39, 0.29) is 74.3 Å². The van der Waals surface area contributed by atoms with Gasteiger partial charge in [-0.2, -0.15) is 8.42 Å². The number of benzene rings is 2. The molecule has 9 nitrogen and oxygen atoms in total. The highest BCUT2D eigenvalue weighted by atomic mass is 32.2. The molecule has 37 heavy (non-hydrogen) atoms. The minimum atomic E-state index is -3.85. The van der Waals surface area contributed by atoms with E-state index < -0.39 is 16.2 Å². The number of Topliss-reactive ketones (excluding diaryl/α,β-unsaturated/α-hetero) is 2. The first-order valence-corrected chi connectivity index (χ1v) is 13.5. The summed E-state index contributed by atoms with van der Waals surface area (Å²) in [6.45, 7) is 2.22. The summed E-state index contributed by atoms with van der Waals surface area (Å²) in [5.41, 5.74) is 1.21. The average molecular weight is 528 g/mol. The molecule has 1 unspecified atom stereocenters. The number of pyridine rings is 1. The summed E-state index contributed by atoms with van der Waals surface area (Å²) in [7, 11) is -3.85. The van der Waals surface area contributed by atoms with Crippen LogP contribution in [-0.4, -0.2) is 51.0 Å². The van der Waals surface area contributed by atoms with E-state index in [9.17, 15) is 22.8 Å². The van der Waals surface area contributed by atoms with Crippen molar-refractivity contribution in [1.29, 1.82) is 0 Å². The Hall–Kier alpha value is -3.18. The minimum absolute atomic E-state index is 0.0553. The van der Waals surface area contributed by atoms with Gasteiger partial charge in [0.25, 0.3) is 15.7 Å². The van der Waals surface area contributed by atoms with Gasteiger partial charge < -0.3 is 9.47 Å². The average Bonchev–Trinajstić information content (AvgIpc) is 2.87. The SMILES string of the molecule is Cc1ccc(S(=O)(=O)OCCOCCOCc2cc3ccccc3c(=O)n2C2CCC(=O)CC2=O)cc1. The largest absolute Gasteiger partial charge is 0.377 e. The molecule has 1 aliphatic rings. The summed E-state index contributed by atoms with van der Waals surface area (Å²) < 4.78 is 42.0. The molecule has 0 radical (unpaired) electrons. The van der Waals surface area contributed by atoms with Crippen LogP contribution in [0, 0.1) is 6.92 Å². The van der Waals surface area contributed by atoms with Gasteiger partial charge in [-0.25, -0.2) is 0 Å². The molecule has 1 aliphatic carbocycles. The van der Waals surface area contributed by atoms with E-state index in [2.05, 4.69) is 0 Å². The van der Waals surface area contributed by atoms with Crippen molar-refractivity contribution in [3.63, 3.8) is 0 Å². The first-order valence-electron chi connectivity index (χ1n) is 12.1. The smallest absolute Gasteiger partial charge is 0.297 e. The van der Waals surface area contributed by atoms with E-state index in [0.29, 0.717) is 11.1 Å². The van der Waals surface area contributed by atoms with Crippen LogP contribution in [0.2, 0.25) is 0 Å². The van der Waals surface area contributed by atoms with Crippen molar-refractivity contribution in [2.45, 2.75) is 43.7 Å². The molecule has 1 heterocycles. The molecule has 2 aromatic carbocycles. The first kappa shape index (κ1) is 26.9. The third-order valence-electron chi connectivity index (χ3n) is 6.19. The minimum Gasteiger partial charge on any atom is -0.377 e. The summed E-state index contributed by atoms with van der Waals surface area (Å²) in [5, 5.41) is 1.24. The predicted molar refractivity (Wildman–Crippen MR) is 136 cm³/mol. The molecule has 1 atom stereocenters. The predicted octanol–water partition coefficient (Wildman–Crippen LogP) is 3.11. The van der Waals surface area contributed by atoms with Gasteiger partial charge in [0.1, 0.15) is 5.78 Å². The maximum atomic E-state index is 13.3. The topological polar surface area (TPSA) is 118 Å². The van der Waals surface area contributed by atoms with Crippen molar-refractivity contribution >= 4 is 32.5 Å². The lowest BCUT2D eigenvalue weighted by atomic mass is 9.92. The Morgan fingerprint density at radius 1 is 0.919 bits per heavy atom. The van der Waals surface area contributed by atoms with E-state index in [1.807, 2.05) is 25.1 Å². The molecule has 1 aromatic heterocycles. The van der Waals surface area contributed by atoms with E-state index in [1.165, 1.54) is 16.7 Å². The zero-order chi connectivity index (χ0) is 26.4. The molecule has 10 heteroatoms. The van der Waals surface area contributed by atoms with Crippen molar-refractivity contribution in [1.82, 2.24) is 4.57 Å². The van der Waals surface area contributed by atoms with Crippen LogP contribution in [0.1, 0.15) is 36.6 Å². The molecule has 0 amide bonds. The summed E-state index contributed by atoms with van der Waals surface area (Å²) in [5.74, 6) is -0.375. The Morgan fingerprint density at radius 3 is 2.38 bits per heavy atom. The van der Waals surface area contributed by atoms with E-state index in [4.69, 9.17) is 13.7 Å². The molecule has 0 bridgehead atoms. The summed E-state index contributed by atoms with van der Waals surface area (Å²) in [4.78, 5) is 37.7. The van der Waals surface area contributed by atoms with Crippen LogP contribution in [0.5, 0.6) is 0 Å². The van der Waals surface area contributed by atoms with Gasteiger partial charge in [-0.15, -0.1) is 0 Å². The van der Waals surface area contributed by atoms with Crippen LogP contribution >= 0.6 is 0 Å². The second-order valence-electron chi connectivity index (χ2n) is 8.89. The zero-order valence-electron chi connectivity index (χ0n) is 20.6. The number of ketones is 2. The van der Waals surface area contributed by atoms with Crippen LogP contribution in [0.15, 0.2) is 64.3 Å². The number of carbonyl (C=O) groups excluding carboxylic acids is 2. The van der Waals surface area contributed by atoms with Gasteiger partial charge in [-0.05, 0) is 43.0 Å². The Kier molecular flexibility index (Phi) is 8.65. The van der Waals surface area contributed by atoms with E-state index in [1.54, 1.807) is 24.3 Å². The lowest BCUT2D eigenvalue weighted by molar-refractivity contribution is -0.132. The monoisotopic (exact) mass is 527 g/mol. The maximum absolute atomic E-state index is 13.3. The molecule has 0 N–H and O–H groups in total. The third kappa shape index (κ3) is 6.58. The van der Waals surface area contributed by atoms with Crippen molar-refractivity contribution in [3.05, 3.63) is 76.2 Å². The fourth-order valence-corrected chi connectivity index (χ4v) is 5.18. The molecule has 0 saturated heterocycles. The molecule has 1 fully saturated rings. The summed E-state index contributed by atoms with van der Waals surface area (Å²) in [6.07, 6.45) is 0.378. The second kappa shape index (κ2) is 11.9. The molecule has 3 aromatic rings. The van der Waals surface area contributed by atoms with Crippen LogP contribution < -0.4 is 5.56 Å². The van der Waals surface area contributed by atoms with Gasteiger partial charge in [-0.3, -0.25) is 23.1 Å². The maximum Gasteiger partial charge on any atom is 0.297 e. The Bertz CT molecular complexity index is 1440. The highest BCUT2D eigenvalue weighted by Crippen LogP contribution is 2.25. The first-order chi connectivity index (χ1) is 17.8. The fraction of sp³-hybridized carbons (Fsp3) is 0.370. The van der Waals surface area contributed by atoms with Gasteiger partial charge in [0.05, 0.1) is 50.4 Å². The number of fused-ring (bicyclic) bond motifs is 1. The summed E-state index contributed by atoms with van der Waals surface area (Å²) in [6, 6.07) is 14.6. The van der Waals surface area contributed by atoms with Crippen molar-refractivity contribution in [2.75, 3.05) is 26.4 Å². The van der Waals surface area contributed by atoms with Gasteiger partial charge in [-0.1, -0.05) is 35.9 Å². The third-order valence-corrected chi connectivity index (χ3v) is 7.52. The molecule has 0 spiro atoms. The standard InChI is InChI=1S/C27H29NO8S/c1-19-6-9-23(10-7-19)37(32,33)36-15-14-34-12-13-35-18-21-16-20-4-2-3-5-24(20)27(31)28(21)25-11-8-22(29)17-26(25)30/h2-7,9-10,16,25H,8,11-15,17-18H2,1H3. The number of nitrogens with zero attached hydrogens (tertiary/aromatic N) is 1. The molecule has 0 aliphatic heterocycles. The Labute approximate surface area is 215 Å². The lowest BCUT2D eigenvalue weighted by Gasteiger charge is -2.25. The Morgan fingerprint density at radius 2 is 1.62 bits per heavy atom. The lowest BCUT2D eigenvalue weighted by Crippen LogP contribution is -2.36. The highest BCUT2D eigenvalue weighted by molar-refractivity contribution is 7.86. The zero-order valence-corrected chi connectivity index (χ0v) is 21.4. The van der Waals surface area contributed by atoms with Crippen LogP contribution in [0.25, 0.3) is 10.8 Å². The number of aryl methyl sites for hydroxylation is 1. The van der Waals surface area contributed by atoms with Crippen molar-refractivity contribution < 1.29 is 31.7 Å². The number of ether oxygens (including phenoxy) is 2. The number of rotatable bonds is 11. The van der Waals surface area contributed by atoms with Crippen LogP contribution in [0.3, 0.4) is 0 Å². The summed E-state index contributed by atoms with van der Waals surface area (Å²) >= 11 is 0. The van der Waals surface area contributed by atoms with Crippen LogP contribution in [0.4, 0.5) is 0 Å². The number of carbonyl (C=O) groups is 2. The second-order valence-corrected chi connectivity index (χ2v) is 10.5. The highest BCUT2D eigenvalue weighted by Gasteiger charge is 2.30. The fourth-order valence-electron chi connectivity index (χ4n) is 4.28. The van der Waals surface area contributed by atoms with Gasteiger partial charge >= 0.3 is 0 Å². The normalized spacial score (nSPS) is 16.4. The Balaban J connectivity index is 1.31. The quantitative estimate of drug-likeness (QED) is 0.212. The van der Waals surface area contributed by atoms with E-state index >= 15 is 0 Å². The van der Waals surface area contributed by atoms with Gasteiger partial charge in [0.15, 0.2) is 5.78 Å². The van der Waals surface area contributed by atoms with Crippen molar-refractivity contribution in [2.24, 2.45) is 0 Å². The van der Waals surface area contributed by atoms with E-state index in [0.717, 1.165) is 10.9 Å². The van der Waals surface area contributed by atoms with Gasteiger partial charge in [0.2, 0.25) is 0 Å². The van der Waals surface area contributed by atoms with Gasteiger partial charge in [0, 0.05) is 17.5 Å². The molecule has 4 rings (SSSR count). The molecular weight excluding hydrogens is 498 g/mol. The molecular formula is C27H29NO8S. The van der Waals surface area contributed by atoms with Crippen LogP contribution in [-0.2, 0) is 40.0 Å².